The van der Waals surface area contributed by atoms with Crippen molar-refractivity contribution in [3.63, 3.8) is 0 Å². The summed E-state index contributed by atoms with van der Waals surface area (Å²) in [5, 5.41) is 3.25. The van der Waals surface area contributed by atoms with E-state index in [1.54, 1.807) is 0 Å². The van der Waals surface area contributed by atoms with Crippen LogP contribution in [0.15, 0.2) is 28.7 Å². The number of benzene rings is 1. The van der Waals surface area contributed by atoms with Crippen LogP contribution in [0, 0.1) is 0 Å². The molecule has 0 bridgehead atoms. The number of nitrogens with one attached hydrogen (secondary N) is 1. The number of rotatable bonds is 4. The topological polar surface area (TPSA) is 59.9 Å². The third-order valence-electron chi connectivity index (χ3n) is 2.46. The van der Waals surface area contributed by atoms with E-state index in [1.165, 1.54) is 7.11 Å². The van der Waals surface area contributed by atoms with E-state index in [0.717, 1.165) is 10.0 Å². The Morgan fingerprint density at radius 2 is 2.11 bits per heavy atom. The van der Waals surface area contributed by atoms with Crippen LogP contribution >= 0.6 is 27.5 Å². The molecule has 0 aliphatic carbocycles. The SMILES string of the molecule is COc1nc(Cl)nc(NC(C)c2cccc(Br)c2)n1. The van der Waals surface area contributed by atoms with Crippen LogP contribution in [0.4, 0.5) is 5.95 Å². The molecule has 1 heterocycles. The smallest absolute Gasteiger partial charge is 0.322 e. The van der Waals surface area contributed by atoms with Crippen molar-refractivity contribution < 1.29 is 4.74 Å². The van der Waals surface area contributed by atoms with Gasteiger partial charge >= 0.3 is 6.01 Å². The molecule has 1 aromatic carbocycles. The summed E-state index contributed by atoms with van der Waals surface area (Å²) < 4.78 is 5.97. The van der Waals surface area contributed by atoms with E-state index in [2.05, 4.69) is 36.2 Å². The van der Waals surface area contributed by atoms with E-state index in [4.69, 9.17) is 16.3 Å². The van der Waals surface area contributed by atoms with Gasteiger partial charge in [-0.25, -0.2) is 0 Å². The van der Waals surface area contributed by atoms with Crippen LogP contribution in [0.2, 0.25) is 5.28 Å². The fourth-order valence-electron chi connectivity index (χ4n) is 1.54. The molecular formula is C12H12BrClN4O. The second kappa shape index (κ2) is 6.16. The van der Waals surface area contributed by atoms with Crippen molar-refractivity contribution in [3.8, 4) is 6.01 Å². The molecule has 2 rings (SSSR count). The zero-order valence-electron chi connectivity index (χ0n) is 10.4. The second-order valence-electron chi connectivity index (χ2n) is 3.84. The Bertz CT molecular complexity index is 581. The summed E-state index contributed by atoms with van der Waals surface area (Å²) in [6, 6.07) is 8.20. The first-order chi connectivity index (χ1) is 9.08. The number of aromatic nitrogens is 3. The predicted molar refractivity (Wildman–Crippen MR) is 77.6 cm³/mol. The van der Waals surface area contributed by atoms with E-state index in [1.807, 2.05) is 31.2 Å². The highest BCUT2D eigenvalue weighted by atomic mass is 79.9. The summed E-state index contributed by atoms with van der Waals surface area (Å²) in [5.41, 5.74) is 1.10. The van der Waals surface area contributed by atoms with Crippen LogP contribution < -0.4 is 10.1 Å². The van der Waals surface area contributed by atoms with Crippen LogP contribution in [0.5, 0.6) is 6.01 Å². The van der Waals surface area contributed by atoms with E-state index >= 15 is 0 Å². The van der Waals surface area contributed by atoms with Gasteiger partial charge in [-0.2, -0.15) is 15.0 Å². The minimum Gasteiger partial charge on any atom is -0.467 e. The number of anilines is 1. The van der Waals surface area contributed by atoms with Gasteiger partial charge in [0.25, 0.3) is 0 Å². The molecule has 19 heavy (non-hydrogen) atoms. The molecule has 0 saturated heterocycles. The minimum atomic E-state index is 0.0284. The summed E-state index contributed by atoms with van der Waals surface area (Å²) in [7, 11) is 1.48. The van der Waals surface area contributed by atoms with E-state index < -0.39 is 0 Å². The quantitative estimate of drug-likeness (QED) is 0.921. The molecule has 100 valence electrons. The summed E-state index contributed by atoms with van der Waals surface area (Å²) in [6.45, 7) is 2.01. The average Bonchev–Trinajstić information content (AvgIpc) is 2.38. The van der Waals surface area contributed by atoms with E-state index in [0.29, 0.717) is 5.95 Å². The fraction of sp³-hybridized carbons (Fsp3) is 0.250. The molecule has 0 saturated carbocycles. The number of nitrogens with zero attached hydrogens (tertiary/aromatic N) is 3. The van der Waals surface area contributed by atoms with E-state index in [-0.39, 0.29) is 17.3 Å². The summed E-state index contributed by atoms with van der Waals surface area (Å²) in [4.78, 5) is 11.9. The molecule has 1 atom stereocenters. The maximum absolute atomic E-state index is 5.79. The Kier molecular flexibility index (Phi) is 4.55. The normalized spacial score (nSPS) is 12.0. The second-order valence-corrected chi connectivity index (χ2v) is 5.09. The monoisotopic (exact) mass is 342 g/mol. The average molecular weight is 344 g/mol. The highest BCUT2D eigenvalue weighted by molar-refractivity contribution is 9.10. The van der Waals surface area contributed by atoms with Crippen molar-refractivity contribution in [2.45, 2.75) is 13.0 Å². The van der Waals surface area contributed by atoms with Crippen molar-refractivity contribution in [1.82, 2.24) is 15.0 Å². The van der Waals surface area contributed by atoms with Crippen LogP contribution in [0.1, 0.15) is 18.5 Å². The number of hydrogen-bond donors (Lipinski definition) is 1. The molecule has 1 N–H and O–H groups in total. The van der Waals surface area contributed by atoms with Gasteiger partial charge in [0.15, 0.2) is 0 Å². The van der Waals surface area contributed by atoms with E-state index in [9.17, 15) is 0 Å². The van der Waals surface area contributed by atoms with Crippen LogP contribution in [-0.4, -0.2) is 22.1 Å². The Morgan fingerprint density at radius 3 is 2.79 bits per heavy atom. The van der Waals surface area contributed by atoms with Crippen LogP contribution in [0.3, 0.4) is 0 Å². The predicted octanol–water partition coefficient (Wildman–Crippen LogP) is 3.47. The lowest BCUT2D eigenvalue weighted by Crippen LogP contribution is -2.10. The third-order valence-corrected chi connectivity index (χ3v) is 3.13. The zero-order chi connectivity index (χ0) is 13.8. The summed E-state index contributed by atoms with van der Waals surface area (Å²) in [6.07, 6.45) is 0. The maximum Gasteiger partial charge on any atom is 0.322 e. The van der Waals surface area contributed by atoms with Crippen LogP contribution in [0.25, 0.3) is 0 Å². The molecule has 5 nitrogen and oxygen atoms in total. The molecule has 0 spiro atoms. The minimum absolute atomic E-state index is 0.0284. The van der Waals surface area contributed by atoms with Gasteiger partial charge in [0.1, 0.15) is 0 Å². The Morgan fingerprint density at radius 1 is 1.32 bits per heavy atom. The first-order valence-corrected chi connectivity index (χ1v) is 6.73. The van der Waals surface area contributed by atoms with Crippen molar-refractivity contribution in [1.29, 1.82) is 0 Å². The molecule has 0 aliphatic rings. The van der Waals surface area contributed by atoms with Gasteiger partial charge in [-0.1, -0.05) is 28.1 Å². The van der Waals surface area contributed by atoms with Crippen LogP contribution in [-0.2, 0) is 0 Å². The molecule has 1 aromatic heterocycles. The van der Waals surface area contributed by atoms with Crippen molar-refractivity contribution in [2.24, 2.45) is 0 Å². The maximum atomic E-state index is 5.79. The Balaban J connectivity index is 2.18. The molecule has 7 heteroatoms. The first-order valence-electron chi connectivity index (χ1n) is 5.56. The van der Waals surface area contributed by atoms with Gasteiger partial charge < -0.3 is 10.1 Å². The van der Waals surface area contributed by atoms with Gasteiger partial charge in [-0.05, 0) is 36.2 Å². The molecular weight excluding hydrogens is 332 g/mol. The number of halogens is 2. The zero-order valence-corrected chi connectivity index (χ0v) is 12.7. The third kappa shape index (κ3) is 3.78. The highest BCUT2D eigenvalue weighted by Crippen LogP contribution is 2.21. The molecule has 1 unspecified atom stereocenters. The Hall–Kier alpha value is -1.40. The van der Waals surface area contributed by atoms with Gasteiger partial charge in [-0.3, -0.25) is 0 Å². The van der Waals surface area contributed by atoms with Crippen molar-refractivity contribution >= 4 is 33.5 Å². The number of hydrogen-bond acceptors (Lipinski definition) is 5. The summed E-state index contributed by atoms with van der Waals surface area (Å²) >= 11 is 9.23. The van der Waals surface area contributed by atoms with Gasteiger partial charge in [0.05, 0.1) is 13.2 Å². The van der Waals surface area contributed by atoms with Crippen molar-refractivity contribution in [2.75, 3.05) is 12.4 Å². The molecule has 2 aromatic rings. The van der Waals surface area contributed by atoms with Crippen molar-refractivity contribution in [3.05, 3.63) is 39.6 Å². The molecule has 0 radical (unpaired) electrons. The largest absolute Gasteiger partial charge is 0.467 e. The highest BCUT2D eigenvalue weighted by Gasteiger charge is 2.10. The standard InChI is InChI=1S/C12H12BrClN4O/c1-7(8-4-3-5-9(13)6-8)15-11-16-10(14)17-12(18-11)19-2/h3-7H,1-2H3,(H,15,16,17,18). The lowest BCUT2D eigenvalue weighted by Gasteiger charge is -2.14. The molecule has 0 amide bonds. The van der Waals surface area contributed by atoms with Gasteiger partial charge in [0.2, 0.25) is 11.2 Å². The van der Waals surface area contributed by atoms with Gasteiger partial charge in [0, 0.05) is 4.47 Å². The molecule has 0 fully saturated rings. The first kappa shape index (κ1) is 14.0. The number of ether oxygens (including phenoxy) is 1. The Labute approximate surface area is 124 Å². The summed E-state index contributed by atoms with van der Waals surface area (Å²) in [5.74, 6) is 0.379. The molecule has 0 aliphatic heterocycles. The number of methoxy groups -OCH3 is 1. The lowest BCUT2D eigenvalue weighted by atomic mass is 10.1. The lowest BCUT2D eigenvalue weighted by molar-refractivity contribution is 0.378. The fourth-order valence-corrected chi connectivity index (χ4v) is 2.11. The van der Waals surface area contributed by atoms with Gasteiger partial charge in [-0.15, -0.1) is 0 Å².